The molecule has 7 N–H and O–H groups in total. The maximum absolute atomic E-state index is 12.3. The van der Waals surface area contributed by atoms with Crippen molar-refractivity contribution in [2.75, 3.05) is 19.6 Å². The van der Waals surface area contributed by atoms with E-state index in [-0.39, 0.29) is 31.7 Å². The van der Waals surface area contributed by atoms with Crippen LogP contribution in [0.5, 0.6) is 0 Å². The van der Waals surface area contributed by atoms with E-state index >= 15 is 0 Å². The summed E-state index contributed by atoms with van der Waals surface area (Å²) in [6.07, 6.45) is 10.4. The second kappa shape index (κ2) is 25.8. The highest BCUT2D eigenvalue weighted by Gasteiger charge is 2.21. The average molecular weight is 680 g/mol. The zero-order valence-corrected chi connectivity index (χ0v) is 27.7. The Labute approximate surface area is 281 Å². The smallest absolute Gasteiger partial charge is 0.317 e. The first-order valence-corrected chi connectivity index (χ1v) is 16.8. The van der Waals surface area contributed by atoms with Crippen molar-refractivity contribution >= 4 is 35.8 Å². The van der Waals surface area contributed by atoms with Gasteiger partial charge in [-0.25, -0.2) is 4.79 Å². The lowest BCUT2D eigenvalue weighted by molar-refractivity contribution is -0.139. The topological polar surface area (TPSA) is 236 Å². The summed E-state index contributed by atoms with van der Waals surface area (Å²) in [7, 11) is 0. The van der Waals surface area contributed by atoms with Crippen LogP contribution >= 0.6 is 0 Å². The standard InChI is InChI=1S/C33H53N5O10/c39-28(15-7-5-3-1-2-4-6-12-20-38(24-32(46)47)23-27-14-9-10-18-34-27)35-19-11-8-13-25(21-30(42)43)36-33(48)37-26(22-31(44)45)16-17-29(40)41/h9-10,14,18,25-26H,1-8,11-13,15-17,19-24H2,(H,35,39)(H,40,41)(H,42,43)(H,44,45)(H,46,47)(H2,36,37,48)/t25-,26-/m0/s1. The van der Waals surface area contributed by atoms with Gasteiger partial charge in [-0.3, -0.25) is 33.9 Å². The van der Waals surface area contributed by atoms with Crippen LogP contribution in [-0.4, -0.2) is 97.8 Å². The van der Waals surface area contributed by atoms with Gasteiger partial charge in [0.15, 0.2) is 0 Å². The SMILES string of the molecule is O=C(O)CC[C@@H](CC(=O)O)NC(=O)N[C@@H](CCCCNC(=O)CCCCCCCCCCN(CC(=O)O)Cc1ccccn1)CC(=O)O. The Kier molecular flexibility index (Phi) is 22.4. The van der Waals surface area contributed by atoms with Crippen LogP contribution in [0.2, 0.25) is 0 Å². The molecule has 1 heterocycles. The predicted octanol–water partition coefficient (Wildman–Crippen LogP) is 3.62. The summed E-state index contributed by atoms with van der Waals surface area (Å²) < 4.78 is 0. The molecule has 1 aromatic heterocycles. The Morgan fingerprint density at radius 1 is 0.667 bits per heavy atom. The lowest BCUT2D eigenvalue weighted by Crippen LogP contribution is -2.47. The lowest BCUT2D eigenvalue weighted by Gasteiger charge is -2.21. The van der Waals surface area contributed by atoms with Crippen LogP contribution in [0.15, 0.2) is 24.4 Å². The Morgan fingerprint density at radius 3 is 1.83 bits per heavy atom. The zero-order valence-electron chi connectivity index (χ0n) is 27.7. The molecule has 1 rings (SSSR count). The number of hydrogen-bond donors (Lipinski definition) is 7. The zero-order chi connectivity index (χ0) is 35.6. The summed E-state index contributed by atoms with van der Waals surface area (Å²) in [5.74, 6) is -4.33. The maximum Gasteiger partial charge on any atom is 0.317 e. The Bertz CT molecular complexity index is 1120. The minimum Gasteiger partial charge on any atom is -0.481 e. The highest BCUT2D eigenvalue weighted by atomic mass is 16.4. The van der Waals surface area contributed by atoms with Gasteiger partial charge in [-0.15, -0.1) is 0 Å². The van der Waals surface area contributed by atoms with Gasteiger partial charge in [0, 0.05) is 44.2 Å². The third-order valence-electron chi connectivity index (χ3n) is 7.62. The van der Waals surface area contributed by atoms with E-state index in [1.54, 1.807) is 6.20 Å². The fraction of sp³-hybridized carbons (Fsp3) is 0.667. The van der Waals surface area contributed by atoms with E-state index in [2.05, 4.69) is 20.9 Å². The van der Waals surface area contributed by atoms with Gasteiger partial charge in [-0.05, 0) is 57.2 Å². The average Bonchev–Trinajstić information content (AvgIpc) is 3.00. The molecule has 270 valence electrons. The summed E-state index contributed by atoms with van der Waals surface area (Å²) >= 11 is 0. The number of nitrogens with zero attached hydrogens (tertiary/aromatic N) is 2. The van der Waals surface area contributed by atoms with Crippen LogP contribution in [0.3, 0.4) is 0 Å². The number of pyridine rings is 1. The molecule has 0 aliphatic carbocycles. The van der Waals surface area contributed by atoms with E-state index in [9.17, 15) is 39.0 Å². The number of urea groups is 1. The van der Waals surface area contributed by atoms with E-state index in [4.69, 9.17) is 10.2 Å². The van der Waals surface area contributed by atoms with Crippen molar-refractivity contribution < 1.29 is 49.2 Å². The van der Waals surface area contributed by atoms with Crippen molar-refractivity contribution in [3.05, 3.63) is 30.1 Å². The molecule has 0 aliphatic heterocycles. The first-order chi connectivity index (χ1) is 22.9. The fourth-order valence-corrected chi connectivity index (χ4v) is 5.22. The second-order valence-electron chi connectivity index (χ2n) is 12.0. The molecule has 0 bridgehead atoms. The van der Waals surface area contributed by atoms with Crippen molar-refractivity contribution in [2.45, 2.75) is 121 Å². The van der Waals surface area contributed by atoms with E-state index in [1.807, 2.05) is 23.1 Å². The number of unbranched alkanes of at least 4 members (excludes halogenated alkanes) is 8. The molecule has 15 heteroatoms. The number of aliphatic carboxylic acids is 4. The van der Waals surface area contributed by atoms with Gasteiger partial charge >= 0.3 is 29.9 Å². The van der Waals surface area contributed by atoms with Gasteiger partial charge in [0.1, 0.15) is 0 Å². The number of aromatic nitrogens is 1. The van der Waals surface area contributed by atoms with E-state index in [0.717, 1.165) is 57.1 Å². The summed E-state index contributed by atoms with van der Waals surface area (Å²) in [6.45, 7) is 1.65. The molecule has 48 heavy (non-hydrogen) atoms. The molecule has 15 nitrogen and oxygen atoms in total. The summed E-state index contributed by atoms with van der Waals surface area (Å²) in [4.78, 5) is 75.0. The molecule has 1 aromatic rings. The highest BCUT2D eigenvalue weighted by Crippen LogP contribution is 2.12. The van der Waals surface area contributed by atoms with Crippen LogP contribution in [-0.2, 0) is 30.5 Å². The molecule has 0 unspecified atom stereocenters. The Morgan fingerprint density at radius 2 is 1.27 bits per heavy atom. The Balaban J connectivity index is 2.15. The van der Waals surface area contributed by atoms with Gasteiger partial charge in [0.25, 0.3) is 0 Å². The van der Waals surface area contributed by atoms with Gasteiger partial charge in [-0.2, -0.15) is 0 Å². The normalized spacial score (nSPS) is 12.2. The van der Waals surface area contributed by atoms with Gasteiger partial charge in [0.05, 0.1) is 25.1 Å². The molecule has 0 aliphatic rings. The number of nitrogens with one attached hydrogen (secondary N) is 3. The number of hydrogen-bond acceptors (Lipinski definition) is 8. The van der Waals surface area contributed by atoms with Crippen molar-refractivity contribution in [3.63, 3.8) is 0 Å². The molecule has 0 saturated carbocycles. The summed E-state index contributed by atoms with van der Waals surface area (Å²) in [5, 5.41) is 44.0. The molecule has 3 amide bonds. The predicted molar refractivity (Wildman–Crippen MR) is 176 cm³/mol. The number of carboxylic acids is 4. The highest BCUT2D eigenvalue weighted by molar-refractivity contribution is 5.77. The van der Waals surface area contributed by atoms with Crippen LogP contribution in [0.1, 0.15) is 108 Å². The molecular weight excluding hydrogens is 626 g/mol. The fourth-order valence-electron chi connectivity index (χ4n) is 5.22. The molecule has 0 fully saturated rings. The van der Waals surface area contributed by atoms with Crippen LogP contribution in [0.25, 0.3) is 0 Å². The second-order valence-corrected chi connectivity index (χ2v) is 12.0. The van der Waals surface area contributed by atoms with Crippen LogP contribution in [0, 0.1) is 0 Å². The lowest BCUT2D eigenvalue weighted by atomic mass is 10.1. The number of carboxylic acid groups (broad SMARTS) is 4. The number of rotatable bonds is 29. The molecule has 2 atom stereocenters. The molecule has 0 radical (unpaired) electrons. The minimum absolute atomic E-state index is 0.00592. The maximum atomic E-state index is 12.3. The minimum atomic E-state index is -1.20. The third kappa shape index (κ3) is 24.0. The Hall–Kier alpha value is -4.27. The molecule has 0 aromatic carbocycles. The van der Waals surface area contributed by atoms with E-state index in [1.165, 1.54) is 0 Å². The first-order valence-electron chi connectivity index (χ1n) is 16.8. The van der Waals surface area contributed by atoms with E-state index < -0.39 is 48.4 Å². The van der Waals surface area contributed by atoms with E-state index in [0.29, 0.717) is 45.3 Å². The van der Waals surface area contributed by atoms with Gasteiger partial charge in [-0.1, -0.05) is 44.6 Å². The number of amides is 3. The van der Waals surface area contributed by atoms with Crippen molar-refractivity contribution in [1.29, 1.82) is 0 Å². The van der Waals surface area contributed by atoms with Crippen LogP contribution in [0.4, 0.5) is 4.79 Å². The third-order valence-corrected chi connectivity index (χ3v) is 7.62. The molecular formula is C33H53N5O10. The molecule has 0 spiro atoms. The number of carbonyl (C=O) groups excluding carboxylic acids is 2. The number of carbonyl (C=O) groups is 6. The largest absolute Gasteiger partial charge is 0.481 e. The van der Waals surface area contributed by atoms with Gasteiger partial charge in [0.2, 0.25) is 5.91 Å². The van der Waals surface area contributed by atoms with Gasteiger partial charge < -0.3 is 36.4 Å². The quantitative estimate of drug-likeness (QED) is 0.0602. The van der Waals surface area contributed by atoms with Crippen LogP contribution < -0.4 is 16.0 Å². The van der Waals surface area contributed by atoms with Crippen molar-refractivity contribution in [3.8, 4) is 0 Å². The van der Waals surface area contributed by atoms with Crippen molar-refractivity contribution in [1.82, 2.24) is 25.8 Å². The summed E-state index contributed by atoms with van der Waals surface area (Å²) in [5.41, 5.74) is 0.857. The first kappa shape index (κ1) is 41.8. The monoisotopic (exact) mass is 679 g/mol. The van der Waals surface area contributed by atoms with Crippen molar-refractivity contribution in [2.24, 2.45) is 0 Å². The summed E-state index contributed by atoms with van der Waals surface area (Å²) in [6, 6.07) is 3.23. The molecule has 0 saturated heterocycles.